The number of hydrogen-bond acceptors (Lipinski definition) is 5. The molecule has 1 aromatic heterocycles. The van der Waals surface area contributed by atoms with Crippen LogP contribution in [-0.4, -0.2) is 53.1 Å². The van der Waals surface area contributed by atoms with E-state index in [0.717, 1.165) is 41.2 Å². The van der Waals surface area contributed by atoms with Gasteiger partial charge in [0, 0.05) is 78.4 Å². The number of ether oxygens (including phenoxy) is 1. The summed E-state index contributed by atoms with van der Waals surface area (Å²) in [6, 6.07) is 14.5. The Kier molecular flexibility index (Phi) is 7.48. The highest BCUT2D eigenvalue weighted by molar-refractivity contribution is 5.93. The number of piperazine rings is 1. The Labute approximate surface area is 238 Å². The highest BCUT2D eigenvalue weighted by Crippen LogP contribution is 2.37. The third-order valence-corrected chi connectivity index (χ3v) is 7.93. The van der Waals surface area contributed by atoms with Crippen LogP contribution in [0.4, 0.5) is 37.7 Å². The number of fused-ring (bicyclic) bond motifs is 3. The standard InChI is InChI=1S/C31H28F6N4O/c1-18-8-30(25-4-2-3-5-29(25)38-18)39-21-10-20(31(35,36)37)11-24(12-21)42-7-6-40-16-23-13-22(40)17-41(23)15-19-9-27(33)28(34)14-26(19)32/h2-5,8-12,14,22-23H,6-7,13,15-17H2,1H3,(H,38,39)/t22-,23-/m1/s1. The third kappa shape index (κ3) is 5.89. The van der Waals surface area contributed by atoms with E-state index in [1.807, 2.05) is 36.1 Å². The first-order chi connectivity index (χ1) is 20.0. The van der Waals surface area contributed by atoms with Crippen molar-refractivity contribution >= 4 is 22.3 Å². The van der Waals surface area contributed by atoms with Crippen molar-refractivity contribution in [1.29, 1.82) is 0 Å². The fourth-order valence-electron chi connectivity index (χ4n) is 5.97. The minimum atomic E-state index is -4.56. The zero-order chi connectivity index (χ0) is 29.6. The molecule has 2 saturated heterocycles. The van der Waals surface area contributed by atoms with Crippen molar-refractivity contribution in [3.63, 3.8) is 0 Å². The molecule has 220 valence electrons. The zero-order valence-corrected chi connectivity index (χ0v) is 22.7. The molecule has 11 heteroatoms. The predicted octanol–water partition coefficient (Wildman–Crippen LogP) is 7.06. The first-order valence-electron chi connectivity index (χ1n) is 13.6. The molecule has 6 rings (SSSR count). The van der Waals surface area contributed by atoms with Crippen molar-refractivity contribution in [1.82, 2.24) is 14.8 Å². The second-order valence-electron chi connectivity index (χ2n) is 10.9. The number of hydrogen-bond donors (Lipinski definition) is 1. The van der Waals surface area contributed by atoms with Crippen LogP contribution in [0.5, 0.6) is 5.75 Å². The smallest absolute Gasteiger partial charge is 0.416 e. The molecule has 2 aliphatic heterocycles. The molecule has 4 aromatic rings. The van der Waals surface area contributed by atoms with Crippen LogP contribution in [0.15, 0.2) is 60.7 Å². The molecular formula is C31H28F6N4O. The maximum atomic E-state index is 14.1. The second-order valence-corrected chi connectivity index (χ2v) is 10.9. The van der Waals surface area contributed by atoms with Gasteiger partial charge in [0.1, 0.15) is 18.2 Å². The molecule has 5 nitrogen and oxygen atoms in total. The highest BCUT2D eigenvalue weighted by Gasteiger charge is 2.43. The average molecular weight is 587 g/mol. The summed E-state index contributed by atoms with van der Waals surface area (Å²) in [4.78, 5) is 8.73. The lowest BCUT2D eigenvalue weighted by Crippen LogP contribution is -2.47. The molecule has 42 heavy (non-hydrogen) atoms. The van der Waals surface area contributed by atoms with Crippen molar-refractivity contribution in [2.75, 3.05) is 31.6 Å². The molecule has 0 saturated carbocycles. The van der Waals surface area contributed by atoms with E-state index >= 15 is 0 Å². The van der Waals surface area contributed by atoms with Crippen LogP contribution in [0.25, 0.3) is 10.9 Å². The molecule has 3 heterocycles. The lowest BCUT2D eigenvalue weighted by atomic mass is 10.1. The first kappa shape index (κ1) is 28.3. The van der Waals surface area contributed by atoms with E-state index in [0.29, 0.717) is 31.4 Å². The summed E-state index contributed by atoms with van der Waals surface area (Å²) in [6.45, 7) is 3.98. The number of likely N-dealkylation sites (tertiary alicyclic amines) is 2. The molecule has 2 aliphatic rings. The number of rotatable bonds is 8. The summed E-state index contributed by atoms with van der Waals surface area (Å²) in [5.41, 5.74) is 1.64. The number of halogens is 6. The Morgan fingerprint density at radius 1 is 0.905 bits per heavy atom. The number of benzene rings is 3. The van der Waals surface area contributed by atoms with Crippen LogP contribution in [0.2, 0.25) is 0 Å². The van der Waals surface area contributed by atoms with Crippen molar-refractivity contribution in [3.05, 3.63) is 94.9 Å². The molecule has 2 bridgehead atoms. The van der Waals surface area contributed by atoms with Gasteiger partial charge in [-0.3, -0.25) is 14.8 Å². The normalized spacial score (nSPS) is 19.1. The Morgan fingerprint density at radius 3 is 2.40 bits per heavy atom. The van der Waals surface area contributed by atoms with Gasteiger partial charge in [-0.05, 0) is 43.7 Å². The van der Waals surface area contributed by atoms with E-state index in [1.54, 1.807) is 12.1 Å². The van der Waals surface area contributed by atoms with Gasteiger partial charge in [-0.2, -0.15) is 13.2 Å². The first-order valence-corrected chi connectivity index (χ1v) is 13.6. The summed E-state index contributed by atoms with van der Waals surface area (Å²) in [5.74, 6) is -2.96. The van der Waals surface area contributed by atoms with E-state index in [2.05, 4.69) is 15.2 Å². The predicted molar refractivity (Wildman–Crippen MR) is 147 cm³/mol. The van der Waals surface area contributed by atoms with Crippen LogP contribution in [0.3, 0.4) is 0 Å². The number of aryl methyl sites for hydroxylation is 1. The molecule has 0 unspecified atom stereocenters. The van der Waals surface area contributed by atoms with Gasteiger partial charge in [-0.15, -0.1) is 0 Å². The summed E-state index contributed by atoms with van der Waals surface area (Å²) in [7, 11) is 0. The Balaban J connectivity index is 1.10. The molecule has 2 atom stereocenters. The van der Waals surface area contributed by atoms with Gasteiger partial charge in [-0.1, -0.05) is 18.2 Å². The molecule has 0 radical (unpaired) electrons. The SMILES string of the molecule is Cc1cc(Nc2cc(OCCN3C[C@H]4C[C@@H]3CN4Cc3cc(F)c(F)cc3F)cc(C(F)(F)F)c2)c2ccccc2n1. The lowest BCUT2D eigenvalue weighted by Gasteiger charge is -2.34. The maximum absolute atomic E-state index is 14.1. The van der Waals surface area contributed by atoms with Gasteiger partial charge < -0.3 is 10.1 Å². The molecule has 1 N–H and O–H groups in total. The van der Waals surface area contributed by atoms with Gasteiger partial charge >= 0.3 is 6.18 Å². The topological polar surface area (TPSA) is 40.6 Å². The van der Waals surface area contributed by atoms with Crippen molar-refractivity contribution in [2.45, 2.75) is 38.1 Å². The Bertz CT molecular complexity index is 1630. The third-order valence-electron chi connectivity index (χ3n) is 7.93. The molecule has 0 amide bonds. The van der Waals surface area contributed by atoms with E-state index in [1.165, 1.54) is 0 Å². The van der Waals surface area contributed by atoms with Gasteiger partial charge in [-0.25, -0.2) is 13.2 Å². The van der Waals surface area contributed by atoms with Crippen LogP contribution < -0.4 is 10.1 Å². The Hall–Kier alpha value is -3.83. The fourth-order valence-corrected chi connectivity index (χ4v) is 5.97. The number of aromatic nitrogens is 1. The number of pyridine rings is 1. The number of anilines is 2. The van der Waals surface area contributed by atoms with Gasteiger partial charge in [0.2, 0.25) is 0 Å². The number of nitrogens with zero attached hydrogens (tertiary/aromatic N) is 3. The quantitative estimate of drug-likeness (QED) is 0.177. The van der Waals surface area contributed by atoms with Gasteiger partial charge in [0.25, 0.3) is 0 Å². The van der Waals surface area contributed by atoms with E-state index in [4.69, 9.17) is 4.74 Å². The summed E-state index contributed by atoms with van der Waals surface area (Å²) in [6.07, 6.45) is -3.72. The minimum absolute atomic E-state index is 0.0993. The Morgan fingerprint density at radius 2 is 1.64 bits per heavy atom. The average Bonchev–Trinajstić information content (AvgIpc) is 3.51. The van der Waals surface area contributed by atoms with Crippen LogP contribution in [0, 0.1) is 24.4 Å². The summed E-state index contributed by atoms with van der Waals surface area (Å²) >= 11 is 0. The van der Waals surface area contributed by atoms with Crippen molar-refractivity contribution in [2.24, 2.45) is 0 Å². The molecule has 2 fully saturated rings. The number of alkyl halides is 3. The van der Waals surface area contributed by atoms with E-state index in [9.17, 15) is 26.3 Å². The molecular weight excluding hydrogens is 558 g/mol. The molecule has 0 aliphatic carbocycles. The van der Waals surface area contributed by atoms with E-state index < -0.39 is 29.2 Å². The summed E-state index contributed by atoms with van der Waals surface area (Å²) < 4.78 is 88.1. The second kappa shape index (κ2) is 11.1. The van der Waals surface area contributed by atoms with Crippen molar-refractivity contribution in [3.8, 4) is 5.75 Å². The van der Waals surface area contributed by atoms with Gasteiger partial charge in [0.05, 0.1) is 11.1 Å². The minimum Gasteiger partial charge on any atom is -0.492 e. The lowest BCUT2D eigenvalue weighted by molar-refractivity contribution is -0.137. The van der Waals surface area contributed by atoms with E-state index in [-0.39, 0.29) is 42.2 Å². The van der Waals surface area contributed by atoms with Crippen LogP contribution >= 0.6 is 0 Å². The molecule has 0 spiro atoms. The largest absolute Gasteiger partial charge is 0.492 e. The maximum Gasteiger partial charge on any atom is 0.416 e. The zero-order valence-electron chi connectivity index (χ0n) is 22.7. The van der Waals surface area contributed by atoms with Crippen LogP contribution in [0.1, 0.15) is 23.2 Å². The highest BCUT2D eigenvalue weighted by atomic mass is 19.4. The number of para-hydroxylation sites is 1. The van der Waals surface area contributed by atoms with Gasteiger partial charge in [0.15, 0.2) is 11.6 Å². The van der Waals surface area contributed by atoms with Crippen molar-refractivity contribution < 1.29 is 31.1 Å². The fraction of sp³-hybridized carbons (Fsp3) is 0.323. The monoisotopic (exact) mass is 586 g/mol. The summed E-state index contributed by atoms with van der Waals surface area (Å²) in [5, 5.41) is 3.91. The number of nitrogens with one attached hydrogen (secondary N) is 1. The van der Waals surface area contributed by atoms with Crippen LogP contribution in [-0.2, 0) is 12.7 Å². The molecule has 3 aromatic carbocycles.